The molecule has 0 spiro atoms. The summed E-state index contributed by atoms with van der Waals surface area (Å²) in [5.41, 5.74) is 16.4. The Kier molecular flexibility index (Phi) is 134. The van der Waals surface area contributed by atoms with Gasteiger partial charge in [-0.1, -0.05) is 408 Å². The van der Waals surface area contributed by atoms with Crippen LogP contribution in [0.2, 0.25) is 0 Å². The molecular weight excluding hydrogens is 1780 g/mol. The first-order valence-corrected chi connectivity index (χ1v) is 56.3. The van der Waals surface area contributed by atoms with Crippen LogP contribution in [-0.2, 0) is 38.5 Å². The number of fused-ring (bicyclic) bond motifs is 11. The molecule has 3 N–H and O–H groups in total. The molecule has 12 heterocycles. The first-order valence-electron chi connectivity index (χ1n) is 53.7. The van der Waals surface area contributed by atoms with Crippen LogP contribution in [0.5, 0.6) is 11.5 Å². The number of ether oxygens (including phenoxy) is 2. The number of thiazole rings is 1. The monoisotopic (exact) mass is 1980 g/mol. The molecule has 140 heavy (non-hydrogen) atoms. The molecule has 788 valence electrons. The second kappa shape index (κ2) is 124. The van der Waals surface area contributed by atoms with Gasteiger partial charge in [-0.2, -0.15) is 4.98 Å². The summed E-state index contributed by atoms with van der Waals surface area (Å²) in [6, 6.07) is 72.2. The van der Waals surface area contributed by atoms with E-state index in [0.29, 0.717) is 12.4 Å². The van der Waals surface area contributed by atoms with Gasteiger partial charge in [0.1, 0.15) is 16.9 Å². The van der Waals surface area contributed by atoms with Crippen molar-refractivity contribution in [3.63, 3.8) is 0 Å². The van der Waals surface area contributed by atoms with Gasteiger partial charge >= 0.3 is 0 Å². The van der Waals surface area contributed by atoms with Gasteiger partial charge in [-0.3, -0.25) is 0 Å². The van der Waals surface area contributed by atoms with Crippen molar-refractivity contribution >= 4 is 110 Å². The number of aromatic nitrogens is 8. The second-order valence-corrected chi connectivity index (χ2v) is 24.7. The van der Waals surface area contributed by atoms with Crippen LogP contribution in [0.4, 0.5) is 0 Å². The molecule has 22 rings (SSSR count). The van der Waals surface area contributed by atoms with Gasteiger partial charge in [-0.05, 0) is 205 Å². The number of furan rings is 2. The number of aromatic amines is 3. The molecule has 0 saturated carbocycles. The van der Waals surface area contributed by atoms with E-state index in [1.807, 2.05) is 479 Å². The van der Waals surface area contributed by atoms with Gasteiger partial charge in [0.15, 0.2) is 41.1 Å². The highest BCUT2D eigenvalue weighted by molar-refractivity contribution is 7.17. The summed E-state index contributed by atoms with van der Waals surface area (Å²) in [6.45, 7) is 88.4. The van der Waals surface area contributed by atoms with Crippen LogP contribution in [-0.4, -0.2) is 46.7 Å². The Morgan fingerprint density at radius 3 is 1.25 bits per heavy atom. The molecule has 7 aromatic carbocycles. The largest absolute Gasteiger partial charge is 0.469 e. The number of nitrogens with zero attached hydrogens (tertiary/aromatic N) is 5. The molecule has 1 aliphatic heterocycles. The molecule has 0 saturated heterocycles. The highest BCUT2D eigenvalue weighted by Gasteiger charge is 2.13. The first kappa shape index (κ1) is 152. The molecule has 0 amide bonds. The van der Waals surface area contributed by atoms with Gasteiger partial charge in [0.05, 0.1) is 45.6 Å². The second-order valence-electron chi connectivity index (χ2n) is 21.9. The lowest BCUT2D eigenvalue weighted by Gasteiger charge is -1.89. The number of benzene rings is 7. The minimum atomic E-state index is 0.360. The van der Waals surface area contributed by atoms with Crippen LogP contribution in [0.1, 0.15) is 357 Å². The van der Waals surface area contributed by atoms with E-state index in [1.165, 1.54) is 112 Å². The van der Waals surface area contributed by atoms with Crippen molar-refractivity contribution in [2.24, 2.45) is 0 Å². The number of nitrogens with one attached hydrogen (secondary N) is 3. The zero-order valence-electron chi connectivity index (χ0n) is 96.6. The Bertz CT molecular complexity index is 4160. The number of pyridine rings is 1. The predicted octanol–water partition coefficient (Wildman–Crippen LogP) is 43.9. The van der Waals surface area contributed by atoms with E-state index in [2.05, 4.69) is 123 Å². The SMILES string of the molecule is CC.CC.CC.CC.CC.CC.CC.CC.CC.CC.CC.CC.CC.CC.CC.CC.CC.CC.CC.CC.CC.CC.c1cc2c([nH]1)CCC2.c1cc2c(o1)CCC2.c1cc2c(s1)CCC2.c1ccc2[nH]ccc2c1.c1ccc2[nH]cnc2c1.c1ccc2c(c1)OCO2.c1ccc2occc2c1.c1ccc2ocnc2c1.c1ccc2sccc2c1.c1ccc2scnc2c1.c1cnc2ncoc2c1. The van der Waals surface area contributed by atoms with Gasteiger partial charge in [-0.25, -0.2) is 19.9 Å². The van der Waals surface area contributed by atoms with Crippen LogP contribution in [0, 0.1) is 0 Å². The molecule has 0 atom stereocenters. The summed E-state index contributed by atoms with van der Waals surface area (Å²) in [5, 5.41) is 8.10. The molecular formula is C123H202N8O6S3. The van der Waals surface area contributed by atoms with Gasteiger partial charge in [-0.15, -0.1) is 34.0 Å². The number of H-pyrrole nitrogens is 3. The minimum absolute atomic E-state index is 0.360. The van der Waals surface area contributed by atoms with Crippen molar-refractivity contribution in [2.45, 2.75) is 362 Å². The van der Waals surface area contributed by atoms with E-state index >= 15 is 0 Å². The van der Waals surface area contributed by atoms with Crippen molar-refractivity contribution in [2.75, 3.05) is 6.79 Å². The number of hydrogen-bond acceptors (Lipinski definition) is 14. The number of hydrogen-bond donors (Lipinski definition) is 3. The van der Waals surface area contributed by atoms with E-state index in [1.54, 1.807) is 58.2 Å². The van der Waals surface area contributed by atoms with E-state index in [-0.39, 0.29) is 0 Å². The Hall–Kier alpha value is -11.1. The number of rotatable bonds is 0. The Morgan fingerprint density at radius 1 is 0.264 bits per heavy atom. The first-order chi connectivity index (χ1) is 69.6. The number of thiophene rings is 2. The number of para-hydroxylation sites is 9. The van der Waals surface area contributed by atoms with Crippen LogP contribution in [0.25, 0.3) is 75.5 Å². The Labute approximate surface area is 869 Å². The third kappa shape index (κ3) is 67.3. The van der Waals surface area contributed by atoms with Crippen molar-refractivity contribution in [3.8, 4) is 11.5 Å². The van der Waals surface area contributed by atoms with Gasteiger partial charge in [0.25, 0.3) is 0 Å². The number of imidazole rings is 1. The summed E-state index contributed by atoms with van der Waals surface area (Å²) >= 11 is 5.38. The molecule has 0 radical (unpaired) electrons. The van der Waals surface area contributed by atoms with Gasteiger partial charge in [0.2, 0.25) is 6.79 Å². The summed E-state index contributed by atoms with van der Waals surface area (Å²) in [5.74, 6) is 2.90. The van der Waals surface area contributed by atoms with Crippen molar-refractivity contribution in [1.29, 1.82) is 0 Å². The van der Waals surface area contributed by atoms with Crippen molar-refractivity contribution in [1.82, 2.24) is 39.9 Å². The summed E-state index contributed by atoms with van der Waals surface area (Å²) in [6.07, 6.45) is 25.3. The van der Waals surface area contributed by atoms with Crippen molar-refractivity contribution in [3.05, 3.63) is 318 Å². The van der Waals surface area contributed by atoms with E-state index < -0.39 is 0 Å². The lowest BCUT2D eigenvalue weighted by molar-refractivity contribution is 0.174. The fourth-order valence-corrected chi connectivity index (χ4v) is 13.1. The maximum Gasteiger partial charge on any atom is 0.231 e. The smallest absolute Gasteiger partial charge is 0.231 e. The Balaban J connectivity index is -0.000000140. The zero-order valence-corrected chi connectivity index (χ0v) is 99.1. The normalized spacial score (nSPS) is 9.26. The van der Waals surface area contributed by atoms with Crippen LogP contribution >= 0.6 is 34.0 Å². The van der Waals surface area contributed by atoms with E-state index in [9.17, 15) is 0 Å². The van der Waals surface area contributed by atoms with Crippen LogP contribution in [0.3, 0.4) is 0 Å². The number of aryl methyl sites for hydroxylation is 6. The maximum atomic E-state index is 5.18. The van der Waals surface area contributed by atoms with E-state index in [0.717, 1.165) is 62.1 Å². The topological polar surface area (TPSA) is 183 Å². The lowest BCUT2D eigenvalue weighted by atomic mass is 10.3. The predicted molar refractivity (Wildman–Crippen MR) is 640 cm³/mol. The van der Waals surface area contributed by atoms with Crippen molar-refractivity contribution < 1.29 is 27.1 Å². The molecule has 0 bridgehead atoms. The highest BCUT2D eigenvalue weighted by Crippen LogP contribution is 2.31. The van der Waals surface area contributed by atoms with E-state index in [4.69, 9.17) is 27.1 Å². The average molecular weight is 1990 g/mol. The molecule has 0 unspecified atom stereocenters. The molecule has 11 aromatic heterocycles. The molecule has 18 aromatic rings. The molecule has 17 heteroatoms. The highest BCUT2D eigenvalue weighted by atomic mass is 32.1. The molecule has 3 aliphatic carbocycles. The lowest BCUT2D eigenvalue weighted by Crippen LogP contribution is -1.92. The third-order valence-corrected chi connectivity index (χ3v) is 18.3. The number of oxazole rings is 2. The van der Waals surface area contributed by atoms with Gasteiger partial charge in [0, 0.05) is 51.2 Å². The van der Waals surface area contributed by atoms with Crippen LogP contribution < -0.4 is 9.47 Å². The molecule has 14 nitrogen and oxygen atoms in total. The zero-order chi connectivity index (χ0) is 109. The molecule has 4 aliphatic rings. The Morgan fingerprint density at radius 2 is 0.714 bits per heavy atom. The quantitative estimate of drug-likeness (QED) is 0.131. The molecule has 0 fully saturated rings. The maximum absolute atomic E-state index is 5.18. The third-order valence-electron chi connectivity index (χ3n) is 15.5. The summed E-state index contributed by atoms with van der Waals surface area (Å²) in [4.78, 5) is 30.9. The van der Waals surface area contributed by atoms with Crippen LogP contribution in [0.15, 0.2) is 303 Å². The minimum Gasteiger partial charge on any atom is -0.469 e. The summed E-state index contributed by atoms with van der Waals surface area (Å²) in [7, 11) is 0. The fourth-order valence-electron chi connectivity index (χ4n) is 10.7. The summed E-state index contributed by atoms with van der Waals surface area (Å²) < 4.78 is 33.0. The fraction of sp³-hybridized carbons (Fsp3) is 0.439. The van der Waals surface area contributed by atoms with Gasteiger partial charge < -0.3 is 42.1 Å². The average Bonchev–Trinajstić information content (AvgIpc) is 1.72. The standard InChI is InChI=1S/C8H7N.C8H6O.C8H6S.C7H6N2.C7H5NO.C7H5NS.C7H9N.C7H6O2.C7H8O.C7H8S.C6H4N2O.22C2H6/c3*1-2-4-8-7(3-1)5-6-9-8;3*1-2-4-7-6(3-1)8-5-9-7;1-2-6-4-5-8-7(6)3-1;1-2-4-7-6(3-1)8-5-9-7;2*1-2-6-4-5-8-7(6)3-1;1-2-5-6(7-3-1)8-4-9-5;22*1-2/h1-6,9H;2*1-6H;1-5H,(H,8,9);2*1-5H;4-5,8H,1-3H2;1-4H,5H2;2*4-5H,1-3H2;1-4H;22*1-2H3.